The van der Waals surface area contributed by atoms with E-state index in [9.17, 15) is 20.0 Å². The topological polar surface area (TPSA) is 104 Å². The summed E-state index contributed by atoms with van der Waals surface area (Å²) in [6, 6.07) is 5.58. The van der Waals surface area contributed by atoms with Gasteiger partial charge in [-0.3, -0.25) is 10.1 Å². The van der Waals surface area contributed by atoms with Crippen LogP contribution in [0.3, 0.4) is 0 Å². The highest BCUT2D eigenvalue weighted by atomic mass is 16.7. The molecular weight excluding hydrogens is 280 g/mol. The number of ether oxygens (including phenoxy) is 2. The number of rotatable bonds is 6. The van der Waals surface area contributed by atoms with Crippen molar-refractivity contribution in [3.63, 3.8) is 0 Å². The van der Waals surface area contributed by atoms with Gasteiger partial charge in [0.25, 0.3) is 5.69 Å². The Balaban J connectivity index is 2.57. The summed E-state index contributed by atoms with van der Waals surface area (Å²) in [5.74, 6) is -1.13. The zero-order valence-corrected chi connectivity index (χ0v) is 11.5. The van der Waals surface area contributed by atoms with E-state index < -0.39 is 17.2 Å². The molecule has 0 aliphatic carbocycles. The van der Waals surface area contributed by atoms with Crippen LogP contribution < -0.4 is 0 Å². The number of aromatic carboxylic acids is 1. The third kappa shape index (κ3) is 2.86. The molecule has 1 heterocycles. The normalized spacial score (nSPS) is 11.2. The molecule has 0 saturated heterocycles. The van der Waals surface area contributed by atoms with Gasteiger partial charge in [0.2, 0.25) is 0 Å². The van der Waals surface area contributed by atoms with Gasteiger partial charge in [-0.05, 0) is 12.1 Å². The predicted octanol–water partition coefficient (Wildman–Crippen LogP) is 1.87. The fourth-order valence-electron chi connectivity index (χ4n) is 2.14. The summed E-state index contributed by atoms with van der Waals surface area (Å²) in [4.78, 5) is 21.6. The molecule has 0 atom stereocenters. The number of carboxylic acids is 1. The summed E-state index contributed by atoms with van der Waals surface area (Å²) in [5.41, 5.74) is 0.494. The fraction of sp³-hybridized carbons (Fsp3) is 0.308. The minimum atomic E-state index is -1.13. The molecule has 2 rings (SSSR count). The SMILES string of the molecule is COC(Cn1c(C(=O)O)cc2cc([N+](=O)[O-])ccc21)OC. The third-order valence-electron chi connectivity index (χ3n) is 3.17. The zero-order chi connectivity index (χ0) is 15.6. The number of fused-ring (bicyclic) bond motifs is 1. The van der Waals surface area contributed by atoms with Crippen LogP contribution in [0.25, 0.3) is 10.9 Å². The van der Waals surface area contributed by atoms with Crippen LogP contribution in [0.15, 0.2) is 24.3 Å². The first kappa shape index (κ1) is 14.9. The van der Waals surface area contributed by atoms with Crippen LogP contribution in [0.4, 0.5) is 5.69 Å². The molecule has 0 aliphatic heterocycles. The molecule has 0 saturated carbocycles. The molecule has 0 unspecified atom stereocenters. The molecule has 0 radical (unpaired) electrons. The lowest BCUT2D eigenvalue weighted by molar-refractivity contribution is -0.384. The van der Waals surface area contributed by atoms with E-state index in [2.05, 4.69) is 0 Å². The number of nitrogens with zero attached hydrogens (tertiary/aromatic N) is 2. The van der Waals surface area contributed by atoms with Crippen molar-refractivity contribution >= 4 is 22.6 Å². The van der Waals surface area contributed by atoms with E-state index in [-0.39, 0.29) is 17.9 Å². The average molecular weight is 294 g/mol. The van der Waals surface area contributed by atoms with Crippen LogP contribution in [-0.4, -0.2) is 41.1 Å². The number of nitro groups is 1. The van der Waals surface area contributed by atoms with Gasteiger partial charge in [0.15, 0.2) is 6.29 Å². The Morgan fingerprint density at radius 3 is 2.57 bits per heavy atom. The Labute approximate surface area is 119 Å². The van der Waals surface area contributed by atoms with Crippen LogP contribution in [0.2, 0.25) is 0 Å². The predicted molar refractivity (Wildman–Crippen MR) is 73.4 cm³/mol. The van der Waals surface area contributed by atoms with E-state index >= 15 is 0 Å². The molecule has 1 N–H and O–H groups in total. The van der Waals surface area contributed by atoms with Gasteiger partial charge in [0.1, 0.15) is 5.69 Å². The summed E-state index contributed by atoms with van der Waals surface area (Å²) in [6.45, 7) is 0.163. The summed E-state index contributed by atoms with van der Waals surface area (Å²) < 4.78 is 11.6. The quantitative estimate of drug-likeness (QED) is 0.495. The molecule has 2 aromatic rings. The molecule has 8 heteroatoms. The fourth-order valence-corrected chi connectivity index (χ4v) is 2.14. The second-order valence-electron chi connectivity index (χ2n) is 4.35. The van der Waals surface area contributed by atoms with Crippen molar-refractivity contribution in [3.05, 3.63) is 40.1 Å². The van der Waals surface area contributed by atoms with Gasteiger partial charge in [-0.1, -0.05) is 0 Å². The second-order valence-corrected chi connectivity index (χ2v) is 4.35. The smallest absolute Gasteiger partial charge is 0.352 e. The van der Waals surface area contributed by atoms with Crippen LogP contribution in [-0.2, 0) is 16.0 Å². The van der Waals surface area contributed by atoms with Gasteiger partial charge in [0.05, 0.1) is 11.5 Å². The van der Waals surface area contributed by atoms with Gasteiger partial charge in [-0.15, -0.1) is 0 Å². The Hall–Kier alpha value is -2.45. The monoisotopic (exact) mass is 294 g/mol. The molecule has 0 amide bonds. The van der Waals surface area contributed by atoms with E-state index in [1.165, 1.54) is 43.1 Å². The van der Waals surface area contributed by atoms with E-state index in [0.29, 0.717) is 10.9 Å². The van der Waals surface area contributed by atoms with E-state index in [1.54, 1.807) is 0 Å². The number of carboxylic acid groups (broad SMARTS) is 1. The Bertz CT molecular complexity index is 689. The maximum absolute atomic E-state index is 11.3. The Morgan fingerprint density at radius 1 is 1.38 bits per heavy atom. The van der Waals surface area contributed by atoms with Gasteiger partial charge in [-0.2, -0.15) is 0 Å². The van der Waals surface area contributed by atoms with Crippen molar-refractivity contribution in [1.82, 2.24) is 4.57 Å². The van der Waals surface area contributed by atoms with E-state index in [1.807, 2.05) is 0 Å². The highest BCUT2D eigenvalue weighted by molar-refractivity contribution is 5.95. The summed E-state index contributed by atoms with van der Waals surface area (Å²) >= 11 is 0. The Kier molecular flexibility index (Phi) is 4.20. The number of hydrogen-bond donors (Lipinski definition) is 1. The van der Waals surface area contributed by atoms with Crippen LogP contribution in [0, 0.1) is 10.1 Å². The molecule has 0 aliphatic rings. The number of non-ortho nitro benzene ring substituents is 1. The highest BCUT2D eigenvalue weighted by Gasteiger charge is 2.19. The van der Waals surface area contributed by atoms with Crippen LogP contribution in [0.5, 0.6) is 0 Å². The Morgan fingerprint density at radius 2 is 2.05 bits per heavy atom. The molecule has 8 nitrogen and oxygen atoms in total. The van der Waals surface area contributed by atoms with Crippen molar-refractivity contribution in [2.75, 3.05) is 14.2 Å². The van der Waals surface area contributed by atoms with Gasteiger partial charge < -0.3 is 19.1 Å². The van der Waals surface area contributed by atoms with Crippen LogP contribution in [0.1, 0.15) is 10.5 Å². The highest BCUT2D eigenvalue weighted by Crippen LogP contribution is 2.25. The largest absolute Gasteiger partial charge is 0.477 e. The lowest BCUT2D eigenvalue weighted by Gasteiger charge is -2.16. The van der Waals surface area contributed by atoms with Crippen molar-refractivity contribution in [2.24, 2.45) is 0 Å². The van der Waals surface area contributed by atoms with Crippen LogP contribution >= 0.6 is 0 Å². The number of hydrogen-bond acceptors (Lipinski definition) is 5. The van der Waals surface area contributed by atoms with Crippen molar-refractivity contribution in [2.45, 2.75) is 12.8 Å². The van der Waals surface area contributed by atoms with Crippen molar-refractivity contribution in [1.29, 1.82) is 0 Å². The first-order chi connectivity index (χ1) is 9.97. The van der Waals surface area contributed by atoms with Gasteiger partial charge in [-0.25, -0.2) is 4.79 Å². The molecule has 0 fully saturated rings. The number of aromatic nitrogens is 1. The number of carbonyl (C=O) groups is 1. The lowest BCUT2D eigenvalue weighted by Crippen LogP contribution is -2.22. The first-order valence-corrected chi connectivity index (χ1v) is 6.04. The minimum Gasteiger partial charge on any atom is -0.477 e. The molecule has 1 aromatic heterocycles. The number of nitro benzene ring substituents is 1. The minimum absolute atomic E-state index is 0.0181. The van der Waals surface area contributed by atoms with Crippen molar-refractivity contribution in [3.8, 4) is 0 Å². The molecule has 0 spiro atoms. The van der Waals surface area contributed by atoms with Gasteiger partial charge in [0, 0.05) is 37.3 Å². The standard InChI is InChI=1S/C13H14N2O6/c1-20-12(21-2)7-14-10-4-3-9(15(18)19)5-8(10)6-11(14)13(16)17/h3-6,12H,7H2,1-2H3,(H,16,17). The summed E-state index contributed by atoms with van der Waals surface area (Å²) in [5, 5.41) is 20.5. The third-order valence-corrected chi connectivity index (χ3v) is 3.17. The molecule has 21 heavy (non-hydrogen) atoms. The molecule has 0 bridgehead atoms. The summed E-state index contributed by atoms with van der Waals surface area (Å²) in [7, 11) is 2.90. The maximum Gasteiger partial charge on any atom is 0.352 e. The van der Waals surface area contributed by atoms with Crippen molar-refractivity contribution < 1.29 is 24.3 Å². The first-order valence-electron chi connectivity index (χ1n) is 6.04. The van der Waals surface area contributed by atoms with Gasteiger partial charge >= 0.3 is 5.97 Å². The molecule has 112 valence electrons. The molecular formula is C13H14N2O6. The number of benzene rings is 1. The van der Waals surface area contributed by atoms with E-state index in [0.717, 1.165) is 0 Å². The second kappa shape index (κ2) is 5.90. The van der Waals surface area contributed by atoms with E-state index in [4.69, 9.17) is 9.47 Å². The number of methoxy groups -OCH3 is 2. The summed E-state index contributed by atoms with van der Waals surface area (Å²) in [6.07, 6.45) is -0.617. The molecule has 1 aromatic carbocycles. The average Bonchev–Trinajstić information content (AvgIpc) is 2.82. The maximum atomic E-state index is 11.3. The lowest BCUT2D eigenvalue weighted by atomic mass is 10.2. The zero-order valence-electron chi connectivity index (χ0n) is 11.5.